The summed E-state index contributed by atoms with van der Waals surface area (Å²) in [4.78, 5) is 12.5. The van der Waals surface area contributed by atoms with Crippen molar-refractivity contribution in [2.24, 2.45) is 35.5 Å². The summed E-state index contributed by atoms with van der Waals surface area (Å²) >= 11 is 0. The highest BCUT2D eigenvalue weighted by atomic mass is 16.7. The molecule has 11 heteroatoms. The van der Waals surface area contributed by atoms with Crippen LogP contribution in [-0.2, 0) is 33.2 Å². The predicted molar refractivity (Wildman–Crippen MR) is 172 cm³/mol. The molecule has 5 fully saturated rings. The lowest BCUT2D eigenvalue weighted by atomic mass is 9.83. The third kappa shape index (κ3) is 6.67. The lowest BCUT2D eigenvalue weighted by molar-refractivity contribution is -0.336. The average molecular weight is 703 g/mol. The van der Waals surface area contributed by atoms with Gasteiger partial charge in [-0.05, 0) is 64.1 Å². The molecule has 11 nitrogen and oxygen atoms in total. The van der Waals surface area contributed by atoms with Gasteiger partial charge in [0.2, 0.25) is 0 Å². The number of methoxy groups -OCH3 is 1. The molecule has 0 amide bonds. The summed E-state index contributed by atoms with van der Waals surface area (Å²) in [6.45, 7) is -27.2. The highest BCUT2D eigenvalue weighted by Crippen LogP contribution is 2.55. The maximum absolute atomic E-state index is 12.5. The number of aliphatic carboxylic acids is 1. The summed E-state index contributed by atoms with van der Waals surface area (Å²) < 4.78 is 237. The number of carbonyl (C=O) groups is 1. The van der Waals surface area contributed by atoms with E-state index in [1.165, 1.54) is 0 Å². The van der Waals surface area contributed by atoms with Gasteiger partial charge in [0.25, 0.3) is 0 Å². The van der Waals surface area contributed by atoms with E-state index in [1.54, 1.807) is 0 Å². The Morgan fingerprint density at radius 2 is 1.91 bits per heavy atom. The molecule has 5 aliphatic rings. The fraction of sp³-hybridized carbons (Fsp3) is 0.972. The summed E-state index contributed by atoms with van der Waals surface area (Å²) in [5.74, 6) is -20.2. The Bertz CT molecular complexity index is 1880. The number of hydrogen-bond donors (Lipinski definition) is 4. The van der Waals surface area contributed by atoms with Crippen LogP contribution in [0.5, 0.6) is 0 Å². The van der Waals surface area contributed by atoms with E-state index >= 15 is 0 Å². The van der Waals surface area contributed by atoms with Crippen molar-refractivity contribution in [2.75, 3.05) is 13.7 Å². The molecule has 0 aromatic carbocycles. The molecule has 5 saturated heterocycles. The first kappa shape index (κ1) is 17.1. The van der Waals surface area contributed by atoms with Gasteiger partial charge in [0, 0.05) is 70.6 Å². The van der Waals surface area contributed by atoms with Crippen LogP contribution in [0.15, 0.2) is 0 Å². The van der Waals surface area contributed by atoms with Crippen LogP contribution >= 0.6 is 0 Å². The normalized spacial score (nSPS) is 60.6. The molecule has 272 valence electrons. The number of rotatable bonds is 10. The van der Waals surface area contributed by atoms with E-state index in [0.29, 0.717) is 0 Å². The lowest BCUT2D eigenvalue weighted by Gasteiger charge is -2.49. The summed E-state index contributed by atoms with van der Waals surface area (Å²) in [5, 5.41) is 43.3. The molecule has 5 rings (SSSR count). The van der Waals surface area contributed by atoms with Crippen LogP contribution in [0.4, 0.5) is 0 Å². The average Bonchev–Trinajstić information content (AvgIpc) is 3.88. The number of aliphatic hydroxyl groups is 3. The standard InChI is InChI=1S/C36H62O11/c1-10-34(31-20(3)16-26(43-31)28-19(2)15-21(4)36(41,18-37)46-28)12-11-27(44-34)33(8)13-14-35(47-33)17-25(38)22(5)30(45-35)23(6)29(42-9)24(7)32(39)40/h19-31,37-38,41H,10-18H2,1-9H3,(H,39,40)/t19-,20-,21+,22+,23-,24+,25-,26?,27+,28?,29+,30?,31+,33-,34-,35+,36-/m0/s1/i1+1D3,2+1D3,3+1D3,4+1D3,5+1D3,6+1D3,7+1D3,8+1D3. The van der Waals surface area contributed by atoms with Gasteiger partial charge in [-0.1, -0.05) is 41.1 Å². The smallest absolute Gasteiger partial charge is 0.308 e. The fourth-order valence-electron chi connectivity index (χ4n) is 7.83. The molecular formula is C36H62O11. The van der Waals surface area contributed by atoms with Crippen molar-refractivity contribution in [3.63, 3.8) is 0 Å². The van der Waals surface area contributed by atoms with Crippen LogP contribution in [0.2, 0.25) is 0 Å². The number of hydrogen-bond acceptors (Lipinski definition) is 10. The Hall–Kier alpha value is -0.890. The highest BCUT2D eigenvalue weighted by molar-refractivity contribution is 5.70. The third-order valence-corrected chi connectivity index (χ3v) is 10.5. The molecule has 5 aliphatic heterocycles. The van der Waals surface area contributed by atoms with Crippen LogP contribution in [0.1, 0.15) is 139 Å². The topological polar surface area (TPSA) is 153 Å². The van der Waals surface area contributed by atoms with E-state index in [1.807, 2.05) is 0 Å². The van der Waals surface area contributed by atoms with Crippen LogP contribution in [-0.4, -0.2) is 106 Å². The van der Waals surface area contributed by atoms with E-state index in [9.17, 15) is 25.2 Å². The summed E-state index contributed by atoms with van der Waals surface area (Å²) in [6.07, 6.45) is -19.6. The minimum Gasteiger partial charge on any atom is -0.481 e. The van der Waals surface area contributed by atoms with Crippen molar-refractivity contribution in [3.05, 3.63) is 0 Å². The van der Waals surface area contributed by atoms with Gasteiger partial charge in [-0.3, -0.25) is 4.79 Å². The number of ether oxygens (including phenoxy) is 6. The molecule has 1 spiro atoms. The Balaban J connectivity index is 1.61. The van der Waals surface area contributed by atoms with Gasteiger partial charge in [0.1, 0.15) is 0 Å². The van der Waals surface area contributed by atoms with E-state index < -0.39 is 220 Å². The van der Waals surface area contributed by atoms with Crippen molar-refractivity contribution in [3.8, 4) is 0 Å². The van der Waals surface area contributed by atoms with Crippen LogP contribution < -0.4 is 0 Å². The summed E-state index contributed by atoms with van der Waals surface area (Å²) in [5.41, 5.74) is -4.95. The molecular weight excluding hydrogens is 616 g/mol. The second-order valence-electron chi connectivity index (χ2n) is 13.6. The van der Waals surface area contributed by atoms with Gasteiger partial charge in [0.05, 0.1) is 66.5 Å². The molecule has 47 heavy (non-hydrogen) atoms. The molecule has 0 radical (unpaired) electrons. The Morgan fingerprint density at radius 1 is 1.06 bits per heavy atom. The van der Waals surface area contributed by atoms with Crippen molar-refractivity contribution in [1.29, 1.82) is 0 Å². The van der Waals surface area contributed by atoms with Crippen molar-refractivity contribution in [2.45, 2.75) is 172 Å². The zero-order valence-corrected chi connectivity index (χ0v) is 26.0. The second kappa shape index (κ2) is 13.7. The number of carboxylic acid groups (broad SMARTS) is 1. The fourth-order valence-corrected chi connectivity index (χ4v) is 7.83. The molecule has 4 N–H and O–H groups in total. The minimum absolute atomic E-state index is 0.447. The summed E-state index contributed by atoms with van der Waals surface area (Å²) in [7, 11) is 0.783. The van der Waals surface area contributed by atoms with Gasteiger partial charge in [0.15, 0.2) is 11.6 Å². The zero-order chi connectivity index (χ0) is 54.7. The largest absolute Gasteiger partial charge is 0.481 e. The zero-order valence-electron chi connectivity index (χ0n) is 50.0. The Kier molecular flexibility index (Phi) is 4.97. The first-order chi connectivity index (χ1) is 31.6. The Morgan fingerprint density at radius 3 is 2.55 bits per heavy atom. The first-order valence-electron chi connectivity index (χ1n) is 27.8. The van der Waals surface area contributed by atoms with E-state index in [2.05, 4.69) is 0 Å². The van der Waals surface area contributed by atoms with Crippen molar-refractivity contribution in [1.82, 2.24) is 0 Å². The van der Waals surface area contributed by atoms with Gasteiger partial charge >= 0.3 is 5.97 Å². The van der Waals surface area contributed by atoms with Crippen LogP contribution in [0.25, 0.3) is 0 Å². The van der Waals surface area contributed by atoms with E-state index in [-0.39, 0.29) is 0 Å². The highest BCUT2D eigenvalue weighted by Gasteiger charge is 2.62. The molecule has 0 aromatic rings. The minimum atomic E-state index is -3.51. The molecule has 0 aromatic heterocycles. The monoisotopic (exact) mass is 703 g/mol. The molecule has 17 atom stereocenters. The maximum Gasteiger partial charge on any atom is 0.308 e. The number of aliphatic hydroxyl groups excluding tert-OH is 2. The third-order valence-electron chi connectivity index (χ3n) is 10.5. The molecule has 5 heterocycles. The van der Waals surface area contributed by atoms with E-state index in [0.717, 1.165) is 7.11 Å². The molecule has 3 unspecified atom stereocenters. The second-order valence-corrected chi connectivity index (χ2v) is 13.6. The van der Waals surface area contributed by atoms with Crippen molar-refractivity contribution < 1.29 is 86.5 Å². The molecule has 0 aliphatic carbocycles. The van der Waals surface area contributed by atoms with Gasteiger partial charge < -0.3 is 48.8 Å². The van der Waals surface area contributed by atoms with Crippen LogP contribution in [0.3, 0.4) is 0 Å². The molecule has 0 bridgehead atoms. The Labute approximate surface area is 314 Å². The maximum atomic E-state index is 12.5. The number of carboxylic acids is 1. The SMILES string of the molecule is [2H][13C]([2H])([2H])C[C@@]1([C@@H]2OC(C3O[C@@](O)(CO)[C@H]([13C]([2H])([2H])[2H])C[C@@H]3[13C]([2H])([2H])[2H])C[C@@H]2[13C]([2H])([2H])[2H])CC[C@H]([C@]2([13C]([2H])([2H])[2H])CC[C@]3(C[C@H](O)[C@@H]([13C]([2H])([2H])[2H])C([C@H]([C@@H](OC)[C@H](C(=O)O)[13C]([2H])([2H])[2H])[13C]([2H])([2H])[2H])O3)O2)O1. The van der Waals surface area contributed by atoms with Crippen LogP contribution in [0, 0.1) is 35.5 Å². The van der Waals surface area contributed by atoms with E-state index in [4.69, 9.17) is 61.3 Å². The lowest BCUT2D eigenvalue weighted by Crippen LogP contribution is -2.57. The van der Waals surface area contributed by atoms with Gasteiger partial charge in [-0.15, -0.1) is 0 Å². The quantitative estimate of drug-likeness (QED) is 0.242. The summed E-state index contributed by atoms with van der Waals surface area (Å²) in [6, 6.07) is 0. The van der Waals surface area contributed by atoms with Gasteiger partial charge in [-0.25, -0.2) is 0 Å². The molecule has 0 saturated carbocycles. The van der Waals surface area contributed by atoms with Gasteiger partial charge in [-0.2, -0.15) is 0 Å². The van der Waals surface area contributed by atoms with Crippen molar-refractivity contribution >= 4 is 5.97 Å². The first-order valence-corrected chi connectivity index (χ1v) is 15.8. The predicted octanol–water partition coefficient (Wildman–Crippen LogP) is 4.27.